The predicted octanol–water partition coefficient (Wildman–Crippen LogP) is 6.90. The zero-order valence-corrected chi connectivity index (χ0v) is 25.2. The minimum absolute atomic E-state index is 0.114. The standard InChI is InChI=1S/2C16H13ClN4O/c2*1-22-13-7-3-5-11(9-13)14-15(20-21-16(18)19-14)10-4-2-6-12(17)8-10/h2*2-9H,1H3,(H2,18,19,21). The van der Waals surface area contributed by atoms with Gasteiger partial charge in [0.2, 0.25) is 11.9 Å². The quantitative estimate of drug-likeness (QED) is 0.200. The molecule has 2 aromatic heterocycles. The second-order valence-electron chi connectivity index (χ2n) is 9.22. The van der Waals surface area contributed by atoms with Crippen molar-refractivity contribution < 1.29 is 9.47 Å². The Hall–Kier alpha value is -5.32. The molecule has 0 saturated carbocycles. The molecule has 12 heteroatoms. The Morgan fingerprint density at radius 1 is 0.477 bits per heavy atom. The summed E-state index contributed by atoms with van der Waals surface area (Å²) in [6.45, 7) is 0. The molecule has 10 nitrogen and oxygen atoms in total. The van der Waals surface area contributed by atoms with E-state index >= 15 is 0 Å². The number of hydrogen-bond donors (Lipinski definition) is 2. The number of benzene rings is 4. The smallest absolute Gasteiger partial charge is 0.240 e. The number of rotatable bonds is 6. The highest BCUT2D eigenvalue weighted by Crippen LogP contribution is 2.33. The zero-order chi connectivity index (χ0) is 31.1. The van der Waals surface area contributed by atoms with Gasteiger partial charge in [-0.2, -0.15) is 0 Å². The van der Waals surface area contributed by atoms with Gasteiger partial charge in [0.05, 0.1) is 14.2 Å². The average Bonchev–Trinajstić information content (AvgIpc) is 3.05. The van der Waals surface area contributed by atoms with Crippen molar-refractivity contribution in [1.29, 1.82) is 0 Å². The minimum Gasteiger partial charge on any atom is -0.497 e. The number of nitrogens with two attached hydrogens (primary N) is 2. The van der Waals surface area contributed by atoms with Crippen LogP contribution in [0.25, 0.3) is 45.0 Å². The van der Waals surface area contributed by atoms with Gasteiger partial charge in [0.1, 0.15) is 34.3 Å². The Morgan fingerprint density at radius 3 is 1.20 bits per heavy atom. The van der Waals surface area contributed by atoms with Gasteiger partial charge in [-0.25, -0.2) is 9.97 Å². The molecule has 0 aliphatic heterocycles. The Balaban J connectivity index is 0.000000175. The average molecular weight is 626 g/mol. The van der Waals surface area contributed by atoms with E-state index in [1.165, 1.54) is 0 Å². The number of hydrogen-bond acceptors (Lipinski definition) is 10. The van der Waals surface area contributed by atoms with Gasteiger partial charge >= 0.3 is 0 Å². The second kappa shape index (κ2) is 13.8. The van der Waals surface area contributed by atoms with Crippen molar-refractivity contribution in [2.45, 2.75) is 0 Å². The van der Waals surface area contributed by atoms with E-state index in [-0.39, 0.29) is 11.9 Å². The fraction of sp³-hybridized carbons (Fsp3) is 0.0625. The number of aromatic nitrogens is 6. The van der Waals surface area contributed by atoms with Gasteiger partial charge in [0.15, 0.2) is 0 Å². The van der Waals surface area contributed by atoms with Crippen LogP contribution in [-0.4, -0.2) is 44.6 Å². The molecule has 0 spiro atoms. The van der Waals surface area contributed by atoms with E-state index < -0.39 is 0 Å². The van der Waals surface area contributed by atoms with Crippen LogP contribution in [0.3, 0.4) is 0 Å². The molecule has 6 aromatic rings. The lowest BCUT2D eigenvalue weighted by atomic mass is 10.0. The molecular formula is C32H26Cl2N8O2. The Bertz CT molecular complexity index is 1780. The Morgan fingerprint density at radius 2 is 0.841 bits per heavy atom. The van der Waals surface area contributed by atoms with Crippen molar-refractivity contribution in [1.82, 2.24) is 30.4 Å². The summed E-state index contributed by atoms with van der Waals surface area (Å²) in [5.74, 6) is 1.69. The van der Waals surface area contributed by atoms with Crippen LogP contribution in [0.2, 0.25) is 10.0 Å². The van der Waals surface area contributed by atoms with E-state index in [0.717, 1.165) is 33.8 Å². The van der Waals surface area contributed by atoms with Gasteiger partial charge < -0.3 is 20.9 Å². The second-order valence-corrected chi connectivity index (χ2v) is 10.1. The van der Waals surface area contributed by atoms with Crippen LogP contribution in [0.1, 0.15) is 0 Å². The molecule has 0 unspecified atom stereocenters. The number of anilines is 2. The van der Waals surface area contributed by atoms with Crippen LogP contribution >= 0.6 is 23.2 Å². The maximum atomic E-state index is 6.06. The molecule has 0 aliphatic rings. The first-order valence-corrected chi connectivity index (χ1v) is 13.9. The third kappa shape index (κ3) is 7.17. The molecule has 0 fully saturated rings. The molecule has 0 radical (unpaired) electrons. The fourth-order valence-corrected chi connectivity index (χ4v) is 4.66. The molecule has 2 heterocycles. The number of methoxy groups -OCH3 is 2. The van der Waals surface area contributed by atoms with Gasteiger partial charge in [0.25, 0.3) is 0 Å². The highest BCUT2D eigenvalue weighted by molar-refractivity contribution is 6.31. The van der Waals surface area contributed by atoms with E-state index in [1.54, 1.807) is 26.4 Å². The van der Waals surface area contributed by atoms with Gasteiger partial charge in [-0.15, -0.1) is 20.4 Å². The van der Waals surface area contributed by atoms with Crippen LogP contribution in [0.4, 0.5) is 11.9 Å². The lowest BCUT2D eigenvalue weighted by molar-refractivity contribution is 0.415. The summed E-state index contributed by atoms with van der Waals surface area (Å²) in [6.07, 6.45) is 0. The minimum atomic E-state index is 0.114. The summed E-state index contributed by atoms with van der Waals surface area (Å²) in [6, 6.07) is 29.8. The van der Waals surface area contributed by atoms with E-state index in [2.05, 4.69) is 30.4 Å². The molecule has 0 saturated heterocycles. The lowest BCUT2D eigenvalue weighted by Gasteiger charge is -2.09. The first kappa shape index (κ1) is 30.1. The van der Waals surface area contributed by atoms with Crippen LogP contribution < -0.4 is 20.9 Å². The first-order chi connectivity index (χ1) is 21.3. The SMILES string of the molecule is COc1cccc(-c2nc(N)nnc2-c2cccc(Cl)c2)c1.COc1cccc(-c2nc(N)nnc2-c2cccc(Cl)c2)c1. The fourth-order valence-electron chi connectivity index (χ4n) is 4.28. The molecule has 220 valence electrons. The van der Waals surface area contributed by atoms with Crippen LogP contribution in [-0.2, 0) is 0 Å². The van der Waals surface area contributed by atoms with Crippen molar-refractivity contribution >= 4 is 35.1 Å². The van der Waals surface area contributed by atoms with E-state index in [0.29, 0.717) is 32.8 Å². The first-order valence-electron chi connectivity index (χ1n) is 13.2. The predicted molar refractivity (Wildman–Crippen MR) is 173 cm³/mol. The van der Waals surface area contributed by atoms with Crippen molar-refractivity contribution in [2.24, 2.45) is 0 Å². The number of nitrogen functional groups attached to an aromatic ring is 2. The third-order valence-electron chi connectivity index (χ3n) is 6.29. The molecule has 4 N–H and O–H groups in total. The van der Waals surface area contributed by atoms with Gasteiger partial charge in [0, 0.05) is 32.3 Å². The Labute approximate surface area is 263 Å². The molecule has 0 amide bonds. The summed E-state index contributed by atoms with van der Waals surface area (Å²) in [5, 5.41) is 17.3. The van der Waals surface area contributed by atoms with E-state index in [9.17, 15) is 0 Å². The summed E-state index contributed by atoms with van der Waals surface area (Å²) in [4.78, 5) is 8.66. The number of ether oxygens (including phenoxy) is 2. The maximum Gasteiger partial charge on any atom is 0.240 e. The molecular weight excluding hydrogens is 599 g/mol. The van der Waals surface area contributed by atoms with Crippen molar-refractivity contribution in [2.75, 3.05) is 25.7 Å². The van der Waals surface area contributed by atoms with Crippen molar-refractivity contribution in [3.8, 4) is 56.5 Å². The zero-order valence-electron chi connectivity index (χ0n) is 23.6. The summed E-state index contributed by atoms with van der Waals surface area (Å²) in [7, 11) is 3.23. The molecule has 6 rings (SSSR count). The summed E-state index contributed by atoms with van der Waals surface area (Å²) < 4.78 is 10.5. The van der Waals surface area contributed by atoms with Gasteiger partial charge in [-0.05, 0) is 48.5 Å². The van der Waals surface area contributed by atoms with E-state index in [1.807, 2.05) is 84.9 Å². The molecule has 4 aromatic carbocycles. The summed E-state index contributed by atoms with van der Waals surface area (Å²) in [5.41, 5.74) is 17.2. The Kier molecular flexibility index (Phi) is 9.43. The van der Waals surface area contributed by atoms with E-state index in [4.69, 9.17) is 44.1 Å². The highest BCUT2D eigenvalue weighted by atomic mass is 35.5. The molecule has 0 aliphatic carbocycles. The topological polar surface area (TPSA) is 148 Å². The van der Waals surface area contributed by atoms with Crippen molar-refractivity contribution in [3.63, 3.8) is 0 Å². The maximum absolute atomic E-state index is 6.06. The monoisotopic (exact) mass is 624 g/mol. The van der Waals surface area contributed by atoms with Crippen molar-refractivity contribution in [3.05, 3.63) is 107 Å². The molecule has 0 bridgehead atoms. The largest absolute Gasteiger partial charge is 0.497 e. The van der Waals surface area contributed by atoms with Crippen LogP contribution in [0.5, 0.6) is 11.5 Å². The number of halogens is 2. The normalized spacial score (nSPS) is 10.5. The van der Waals surface area contributed by atoms with Gasteiger partial charge in [-0.1, -0.05) is 71.7 Å². The summed E-state index contributed by atoms with van der Waals surface area (Å²) >= 11 is 12.1. The molecule has 0 atom stereocenters. The van der Waals surface area contributed by atoms with Crippen LogP contribution in [0, 0.1) is 0 Å². The highest BCUT2D eigenvalue weighted by Gasteiger charge is 2.15. The number of nitrogens with zero attached hydrogens (tertiary/aromatic N) is 6. The third-order valence-corrected chi connectivity index (χ3v) is 6.76. The lowest BCUT2D eigenvalue weighted by Crippen LogP contribution is -2.02. The van der Waals surface area contributed by atoms with Crippen LogP contribution in [0.15, 0.2) is 97.1 Å². The van der Waals surface area contributed by atoms with Gasteiger partial charge in [-0.3, -0.25) is 0 Å². The molecule has 44 heavy (non-hydrogen) atoms.